The van der Waals surface area contributed by atoms with Crippen LogP contribution < -0.4 is 0 Å². The molecular weight excluding hydrogens is 281 g/mol. The van der Waals surface area contributed by atoms with Gasteiger partial charge in [-0.25, -0.2) is 4.39 Å². The molecule has 22 heavy (non-hydrogen) atoms. The molecule has 1 aliphatic carbocycles. The molecule has 1 saturated carbocycles. The summed E-state index contributed by atoms with van der Waals surface area (Å²) >= 11 is 0. The van der Waals surface area contributed by atoms with Gasteiger partial charge in [0.05, 0.1) is 18.9 Å². The van der Waals surface area contributed by atoms with Crippen LogP contribution in [0, 0.1) is 5.82 Å². The van der Waals surface area contributed by atoms with Crippen LogP contribution in [0.2, 0.25) is 0 Å². The van der Waals surface area contributed by atoms with Crippen molar-refractivity contribution in [3.8, 4) is 0 Å². The van der Waals surface area contributed by atoms with Gasteiger partial charge in [-0.05, 0) is 42.7 Å². The van der Waals surface area contributed by atoms with E-state index in [0.29, 0.717) is 19.1 Å². The van der Waals surface area contributed by atoms with E-state index >= 15 is 0 Å². The number of furan rings is 1. The molecule has 1 atom stereocenters. The van der Waals surface area contributed by atoms with Gasteiger partial charge in [0.15, 0.2) is 0 Å². The predicted molar refractivity (Wildman–Crippen MR) is 82.7 cm³/mol. The maximum atomic E-state index is 13.0. The number of hydrogen-bond donors (Lipinski definition) is 1. The van der Waals surface area contributed by atoms with E-state index in [-0.39, 0.29) is 5.82 Å². The van der Waals surface area contributed by atoms with Crippen molar-refractivity contribution in [2.24, 2.45) is 0 Å². The molecule has 0 radical (unpaired) electrons. The van der Waals surface area contributed by atoms with Crippen molar-refractivity contribution >= 4 is 0 Å². The maximum absolute atomic E-state index is 13.0. The topological polar surface area (TPSA) is 36.6 Å². The van der Waals surface area contributed by atoms with Crippen molar-refractivity contribution in [1.82, 2.24) is 4.90 Å². The normalized spacial score (nSPS) is 17.2. The molecule has 3 nitrogen and oxygen atoms in total. The second-order valence-electron chi connectivity index (χ2n) is 6.01. The van der Waals surface area contributed by atoms with E-state index in [4.69, 9.17) is 4.42 Å². The van der Waals surface area contributed by atoms with Crippen molar-refractivity contribution in [3.05, 3.63) is 59.8 Å². The first kappa shape index (κ1) is 15.3. The lowest BCUT2D eigenvalue weighted by atomic mass is 10.1. The van der Waals surface area contributed by atoms with Gasteiger partial charge in [0, 0.05) is 12.6 Å². The molecule has 4 heteroatoms. The third-order valence-corrected chi connectivity index (χ3v) is 4.44. The summed E-state index contributed by atoms with van der Waals surface area (Å²) in [7, 11) is 0. The molecule has 0 aliphatic heterocycles. The monoisotopic (exact) mass is 303 g/mol. The number of nitrogens with zero attached hydrogens (tertiary/aromatic N) is 1. The van der Waals surface area contributed by atoms with E-state index in [1.54, 1.807) is 18.4 Å². The Morgan fingerprint density at radius 2 is 1.91 bits per heavy atom. The first-order valence-corrected chi connectivity index (χ1v) is 7.92. The van der Waals surface area contributed by atoms with E-state index in [1.807, 2.05) is 12.1 Å². The molecule has 1 heterocycles. The second-order valence-corrected chi connectivity index (χ2v) is 6.01. The van der Waals surface area contributed by atoms with Crippen molar-refractivity contribution in [3.63, 3.8) is 0 Å². The zero-order valence-corrected chi connectivity index (χ0v) is 12.6. The highest BCUT2D eigenvalue weighted by molar-refractivity contribution is 5.19. The second kappa shape index (κ2) is 7.07. The number of rotatable bonds is 6. The molecule has 0 amide bonds. The molecule has 0 saturated heterocycles. The summed E-state index contributed by atoms with van der Waals surface area (Å²) in [5.74, 6) is 0.636. The highest BCUT2D eigenvalue weighted by Crippen LogP contribution is 2.27. The van der Waals surface area contributed by atoms with Crippen LogP contribution in [-0.2, 0) is 6.54 Å². The number of aliphatic hydroxyl groups is 1. The lowest BCUT2D eigenvalue weighted by Crippen LogP contribution is -2.36. The Bertz CT molecular complexity index is 561. The minimum absolute atomic E-state index is 0.279. The van der Waals surface area contributed by atoms with Crippen LogP contribution in [0.15, 0.2) is 47.1 Å². The highest BCUT2D eigenvalue weighted by Gasteiger charge is 2.25. The lowest BCUT2D eigenvalue weighted by Gasteiger charge is -2.30. The fourth-order valence-electron chi connectivity index (χ4n) is 3.23. The van der Waals surface area contributed by atoms with E-state index in [2.05, 4.69) is 4.90 Å². The van der Waals surface area contributed by atoms with E-state index in [1.165, 1.54) is 25.0 Å². The Balaban J connectivity index is 1.69. The smallest absolute Gasteiger partial charge is 0.123 e. The van der Waals surface area contributed by atoms with Gasteiger partial charge < -0.3 is 9.52 Å². The molecule has 0 bridgehead atoms. The van der Waals surface area contributed by atoms with Crippen LogP contribution >= 0.6 is 0 Å². The molecule has 1 aliphatic rings. The first-order chi connectivity index (χ1) is 10.7. The summed E-state index contributed by atoms with van der Waals surface area (Å²) in [5, 5.41) is 10.5. The molecular formula is C18H22FNO2. The fourth-order valence-corrected chi connectivity index (χ4v) is 3.23. The number of benzene rings is 1. The van der Waals surface area contributed by atoms with Gasteiger partial charge in [-0.1, -0.05) is 25.0 Å². The minimum Gasteiger partial charge on any atom is -0.468 e. The quantitative estimate of drug-likeness (QED) is 0.879. The van der Waals surface area contributed by atoms with Crippen LogP contribution in [0.4, 0.5) is 4.39 Å². The van der Waals surface area contributed by atoms with Gasteiger partial charge in [-0.2, -0.15) is 0 Å². The van der Waals surface area contributed by atoms with Gasteiger partial charge >= 0.3 is 0 Å². The minimum atomic E-state index is -0.615. The molecule has 1 fully saturated rings. The summed E-state index contributed by atoms with van der Waals surface area (Å²) in [6, 6.07) is 10.4. The van der Waals surface area contributed by atoms with Crippen molar-refractivity contribution in [2.75, 3.05) is 6.54 Å². The van der Waals surface area contributed by atoms with Crippen LogP contribution in [0.1, 0.15) is 43.1 Å². The molecule has 1 N–H and O–H groups in total. The van der Waals surface area contributed by atoms with Crippen LogP contribution in [0.25, 0.3) is 0 Å². The summed E-state index contributed by atoms with van der Waals surface area (Å²) in [6.07, 6.45) is 5.88. The zero-order chi connectivity index (χ0) is 15.4. The van der Waals surface area contributed by atoms with Crippen molar-refractivity contribution in [2.45, 2.75) is 44.4 Å². The number of hydrogen-bond acceptors (Lipinski definition) is 3. The number of aliphatic hydroxyl groups excluding tert-OH is 1. The Hall–Kier alpha value is -1.65. The summed E-state index contributed by atoms with van der Waals surface area (Å²) in [5.41, 5.74) is 0.754. The van der Waals surface area contributed by atoms with Gasteiger partial charge in [-0.15, -0.1) is 0 Å². The third kappa shape index (κ3) is 3.76. The molecule has 3 rings (SSSR count). The maximum Gasteiger partial charge on any atom is 0.123 e. The Morgan fingerprint density at radius 3 is 2.55 bits per heavy atom. The summed E-state index contributed by atoms with van der Waals surface area (Å²) < 4.78 is 18.5. The van der Waals surface area contributed by atoms with E-state index in [9.17, 15) is 9.50 Å². The number of halogens is 1. The van der Waals surface area contributed by atoms with Gasteiger partial charge in [0.2, 0.25) is 0 Å². The molecule has 1 aromatic heterocycles. The molecule has 118 valence electrons. The summed E-state index contributed by atoms with van der Waals surface area (Å²) in [6.45, 7) is 1.24. The Morgan fingerprint density at radius 1 is 1.18 bits per heavy atom. The largest absolute Gasteiger partial charge is 0.468 e. The average Bonchev–Trinajstić information content (AvgIpc) is 3.20. The SMILES string of the molecule is O[C@@H](CN(Cc1ccco1)C1CCCC1)c1ccc(F)cc1. The molecule has 2 aromatic rings. The standard InChI is InChI=1S/C18H22FNO2/c19-15-9-7-14(8-10-15)18(21)13-20(16-4-1-2-5-16)12-17-6-3-11-22-17/h3,6-11,16,18,21H,1-2,4-5,12-13H2/t18-/m0/s1. The lowest BCUT2D eigenvalue weighted by molar-refractivity contribution is 0.0779. The van der Waals surface area contributed by atoms with Crippen molar-refractivity contribution < 1.29 is 13.9 Å². The molecule has 1 aromatic carbocycles. The Labute approximate surface area is 130 Å². The van der Waals surface area contributed by atoms with Crippen molar-refractivity contribution in [1.29, 1.82) is 0 Å². The van der Waals surface area contributed by atoms with Crippen LogP contribution in [-0.4, -0.2) is 22.6 Å². The molecule has 0 unspecified atom stereocenters. The Kier molecular flexibility index (Phi) is 4.90. The first-order valence-electron chi connectivity index (χ1n) is 7.92. The summed E-state index contributed by atoms with van der Waals surface area (Å²) in [4.78, 5) is 2.29. The predicted octanol–water partition coefficient (Wildman–Crippen LogP) is 3.90. The van der Waals surface area contributed by atoms with Gasteiger partial charge in [0.25, 0.3) is 0 Å². The fraction of sp³-hybridized carbons (Fsp3) is 0.444. The van der Waals surface area contributed by atoms with E-state index < -0.39 is 6.10 Å². The van der Waals surface area contributed by atoms with Crippen LogP contribution in [0.3, 0.4) is 0 Å². The zero-order valence-electron chi connectivity index (χ0n) is 12.6. The van der Waals surface area contributed by atoms with E-state index in [0.717, 1.165) is 24.2 Å². The molecule has 0 spiro atoms. The highest BCUT2D eigenvalue weighted by atomic mass is 19.1. The van der Waals surface area contributed by atoms with Crippen LogP contribution in [0.5, 0.6) is 0 Å². The van der Waals surface area contributed by atoms with Gasteiger partial charge in [-0.3, -0.25) is 4.90 Å². The van der Waals surface area contributed by atoms with Gasteiger partial charge in [0.1, 0.15) is 11.6 Å². The average molecular weight is 303 g/mol. The third-order valence-electron chi connectivity index (χ3n) is 4.44.